The second-order valence-corrected chi connectivity index (χ2v) is 13.8. The molecular formula is C47H36N4. The summed E-state index contributed by atoms with van der Waals surface area (Å²) in [4.78, 5) is 2.37. The number of fused-ring (bicyclic) bond motifs is 6. The van der Waals surface area contributed by atoms with Gasteiger partial charge >= 0.3 is 0 Å². The highest BCUT2D eigenvalue weighted by atomic mass is 15.2. The standard InChI is InChI=1S/C47H36N4/c1-31-25-26-34(50-41-20-4-2-3-16-37(41)38-17-7-9-21-42(38)50)27-28-35(31)36-15-5-6-18-39(36)46-32(29-48)13-11-23-44(46)51-43-22-10-8-19-40(43)47-33(30-49)14-12-24-45(47)51/h2,4,7-24,27-28,31,45,47H,5-6,25-26H2,1H3. The average Bonchev–Trinajstić information content (AvgIpc) is 3.45. The van der Waals surface area contributed by atoms with Crippen molar-refractivity contribution in [3.8, 4) is 12.1 Å². The fourth-order valence-corrected chi connectivity index (χ4v) is 8.82. The van der Waals surface area contributed by atoms with Crippen molar-refractivity contribution in [2.24, 2.45) is 5.92 Å². The summed E-state index contributed by atoms with van der Waals surface area (Å²) >= 11 is 0. The third kappa shape index (κ3) is 4.88. The minimum Gasteiger partial charge on any atom is -0.333 e. The number of nitriles is 2. The first-order chi connectivity index (χ1) is 25.2. The van der Waals surface area contributed by atoms with Gasteiger partial charge in [0.1, 0.15) is 0 Å². The van der Waals surface area contributed by atoms with E-state index in [9.17, 15) is 10.5 Å². The van der Waals surface area contributed by atoms with E-state index in [-0.39, 0.29) is 12.0 Å². The molecule has 4 heteroatoms. The number of hydrogen-bond donors (Lipinski definition) is 0. The van der Waals surface area contributed by atoms with Crippen molar-refractivity contribution in [2.75, 3.05) is 4.90 Å². The van der Waals surface area contributed by atoms with Crippen LogP contribution in [0.5, 0.6) is 0 Å². The Balaban J connectivity index is 1.17. The maximum atomic E-state index is 10.6. The molecule has 0 saturated heterocycles. The molecule has 244 valence electrons. The van der Waals surface area contributed by atoms with Crippen LogP contribution in [0.4, 0.5) is 11.4 Å². The van der Waals surface area contributed by atoms with Gasteiger partial charge in [-0.2, -0.15) is 10.5 Å². The van der Waals surface area contributed by atoms with Crippen LogP contribution < -0.4 is 4.90 Å². The first-order valence-electron chi connectivity index (χ1n) is 17.9. The van der Waals surface area contributed by atoms with Crippen LogP contribution in [-0.4, -0.2) is 10.6 Å². The van der Waals surface area contributed by atoms with Crippen LogP contribution in [0, 0.1) is 28.6 Å². The van der Waals surface area contributed by atoms with Crippen LogP contribution in [0.1, 0.15) is 66.5 Å². The molecule has 3 unspecified atom stereocenters. The predicted octanol–water partition coefficient (Wildman–Crippen LogP) is 11.3. The van der Waals surface area contributed by atoms with E-state index in [0.717, 1.165) is 59.3 Å². The van der Waals surface area contributed by atoms with E-state index in [4.69, 9.17) is 0 Å². The van der Waals surface area contributed by atoms with Crippen LogP contribution in [0.15, 0.2) is 144 Å². The summed E-state index contributed by atoms with van der Waals surface area (Å²) < 4.78 is 2.43. The lowest BCUT2D eigenvalue weighted by molar-refractivity contribution is 0.632. The predicted molar refractivity (Wildman–Crippen MR) is 209 cm³/mol. The fraction of sp³-hybridized carbons (Fsp3) is 0.170. The van der Waals surface area contributed by atoms with Crippen LogP contribution in [0.2, 0.25) is 0 Å². The Morgan fingerprint density at radius 3 is 2.53 bits per heavy atom. The van der Waals surface area contributed by atoms with Gasteiger partial charge in [-0.05, 0) is 109 Å². The van der Waals surface area contributed by atoms with E-state index in [1.54, 1.807) is 0 Å². The Hall–Kier alpha value is -6.32. The summed E-state index contributed by atoms with van der Waals surface area (Å²) in [6.45, 7) is 2.34. The lowest BCUT2D eigenvalue weighted by Crippen LogP contribution is -2.31. The molecule has 0 fully saturated rings. The topological polar surface area (TPSA) is 55.8 Å². The van der Waals surface area contributed by atoms with Gasteiger partial charge in [-0.25, -0.2) is 0 Å². The zero-order valence-electron chi connectivity index (χ0n) is 28.6. The lowest BCUT2D eigenvalue weighted by atomic mass is 9.79. The normalized spacial score (nSPS) is 21.6. The summed E-state index contributed by atoms with van der Waals surface area (Å²) in [6, 6.07) is 28.2. The van der Waals surface area contributed by atoms with Crippen LogP contribution in [-0.2, 0) is 0 Å². The first kappa shape index (κ1) is 30.7. The zero-order valence-corrected chi connectivity index (χ0v) is 28.6. The number of allylic oxidation sites excluding steroid dienone is 12. The summed E-state index contributed by atoms with van der Waals surface area (Å²) in [7, 11) is 0. The quantitative estimate of drug-likeness (QED) is 0.205. The summed E-state index contributed by atoms with van der Waals surface area (Å²) in [5, 5.41) is 22.0. The summed E-state index contributed by atoms with van der Waals surface area (Å²) in [6.07, 6.45) is 27.7. The Labute approximate surface area is 299 Å². The minimum atomic E-state index is -0.0570. The SMILES string of the molecule is CC1CCC(n2c3c(c4ccccc42)C=C=CC=C3)=CC=C1C1=CCCC=C1c1c(C#N)cccc1N1c2ccccc2C2C(C#N)=CC=CC21. The van der Waals surface area contributed by atoms with Crippen molar-refractivity contribution in [3.63, 3.8) is 0 Å². The number of para-hydroxylation sites is 2. The molecule has 3 aromatic carbocycles. The molecule has 2 heterocycles. The average molecular weight is 657 g/mol. The van der Waals surface area contributed by atoms with E-state index in [1.165, 1.54) is 39.0 Å². The molecule has 1 aromatic heterocycles. The summed E-state index contributed by atoms with van der Waals surface area (Å²) in [5.41, 5.74) is 17.5. The van der Waals surface area contributed by atoms with Crippen molar-refractivity contribution in [1.82, 2.24) is 4.57 Å². The Morgan fingerprint density at radius 1 is 0.824 bits per heavy atom. The third-order valence-electron chi connectivity index (χ3n) is 11.1. The van der Waals surface area contributed by atoms with E-state index < -0.39 is 0 Å². The highest BCUT2D eigenvalue weighted by Crippen LogP contribution is 2.53. The van der Waals surface area contributed by atoms with Crippen LogP contribution in [0.25, 0.3) is 34.3 Å². The molecule has 51 heavy (non-hydrogen) atoms. The van der Waals surface area contributed by atoms with Crippen molar-refractivity contribution in [1.29, 1.82) is 10.5 Å². The molecule has 4 aromatic rings. The van der Waals surface area contributed by atoms with Gasteiger partial charge in [-0.3, -0.25) is 0 Å². The molecule has 0 bridgehead atoms. The Bertz CT molecular complexity index is 2520. The van der Waals surface area contributed by atoms with E-state index in [1.807, 2.05) is 30.4 Å². The highest BCUT2D eigenvalue weighted by molar-refractivity contribution is 5.98. The van der Waals surface area contributed by atoms with Gasteiger partial charge in [-0.15, -0.1) is 5.73 Å². The molecule has 0 radical (unpaired) electrons. The molecule has 0 amide bonds. The zero-order chi connectivity index (χ0) is 34.5. The van der Waals surface area contributed by atoms with E-state index in [2.05, 4.69) is 137 Å². The minimum absolute atomic E-state index is 0.0563. The maximum absolute atomic E-state index is 10.6. The van der Waals surface area contributed by atoms with E-state index >= 15 is 0 Å². The van der Waals surface area contributed by atoms with Gasteiger partial charge in [0.2, 0.25) is 0 Å². The number of nitrogens with zero attached hydrogens (tertiary/aromatic N) is 4. The number of anilines is 2. The molecule has 4 aliphatic carbocycles. The van der Waals surface area contributed by atoms with Crippen LogP contribution >= 0.6 is 0 Å². The molecule has 0 saturated carbocycles. The van der Waals surface area contributed by atoms with Gasteiger partial charge < -0.3 is 9.47 Å². The number of benzene rings is 3. The highest BCUT2D eigenvalue weighted by Gasteiger charge is 2.42. The van der Waals surface area contributed by atoms with Gasteiger partial charge in [0.05, 0.1) is 40.6 Å². The molecule has 3 atom stereocenters. The van der Waals surface area contributed by atoms with Gasteiger partial charge in [-0.1, -0.05) is 85.8 Å². The second-order valence-electron chi connectivity index (χ2n) is 13.8. The van der Waals surface area contributed by atoms with Gasteiger partial charge in [0.25, 0.3) is 0 Å². The molecule has 1 aliphatic heterocycles. The lowest BCUT2D eigenvalue weighted by Gasteiger charge is -2.33. The summed E-state index contributed by atoms with van der Waals surface area (Å²) in [5.74, 6) is 0.252. The largest absolute Gasteiger partial charge is 0.333 e. The first-order valence-corrected chi connectivity index (χ1v) is 17.9. The molecule has 0 spiro atoms. The van der Waals surface area contributed by atoms with Crippen LogP contribution in [0.3, 0.4) is 0 Å². The van der Waals surface area contributed by atoms with E-state index in [0.29, 0.717) is 11.5 Å². The molecular weight excluding hydrogens is 621 g/mol. The van der Waals surface area contributed by atoms with Crippen molar-refractivity contribution < 1.29 is 0 Å². The number of aromatic nitrogens is 1. The van der Waals surface area contributed by atoms with Gasteiger partial charge in [0, 0.05) is 39.4 Å². The number of hydrogen-bond acceptors (Lipinski definition) is 3. The monoisotopic (exact) mass is 656 g/mol. The third-order valence-corrected chi connectivity index (χ3v) is 11.1. The number of rotatable bonds is 4. The maximum Gasteiger partial charge on any atom is 0.0998 e. The Kier molecular flexibility index (Phi) is 7.55. The van der Waals surface area contributed by atoms with Crippen molar-refractivity contribution in [2.45, 2.75) is 44.6 Å². The van der Waals surface area contributed by atoms with Crippen molar-refractivity contribution >= 4 is 45.7 Å². The second kappa shape index (κ2) is 12.5. The fourth-order valence-electron chi connectivity index (χ4n) is 8.82. The molecule has 5 aliphatic rings. The van der Waals surface area contributed by atoms with Crippen molar-refractivity contribution in [3.05, 3.63) is 172 Å². The smallest absolute Gasteiger partial charge is 0.0998 e. The molecule has 4 nitrogen and oxygen atoms in total. The molecule has 0 N–H and O–H groups in total. The molecule has 9 rings (SSSR count). The van der Waals surface area contributed by atoms with Gasteiger partial charge in [0.15, 0.2) is 0 Å². The Morgan fingerprint density at radius 2 is 1.65 bits per heavy atom.